The first kappa shape index (κ1) is 25.7. The molecule has 4 aromatic rings. The number of nitrogens with zero attached hydrogens (tertiary/aromatic N) is 5. The quantitative estimate of drug-likeness (QED) is 0.216. The van der Waals surface area contributed by atoms with Crippen LogP contribution in [0.15, 0.2) is 53.2 Å². The van der Waals surface area contributed by atoms with Gasteiger partial charge in [-0.1, -0.05) is 41.6 Å². The van der Waals surface area contributed by atoms with Crippen molar-refractivity contribution >= 4 is 30.2 Å². The summed E-state index contributed by atoms with van der Waals surface area (Å²) in [4.78, 5) is 17.9. The largest absolute Gasteiger partial charge is 0.493 e. The average Bonchev–Trinajstić information content (AvgIpc) is 3.46. The SMILES string of the molecule is CC(C)(O)c1noc(-c2cnc(Nc3ccc4c(n3)C(C)(C)OB4O)nc2N[C@H](CO)c2ccccc2)n1. The molecule has 0 unspecified atom stereocenters. The molecule has 0 amide bonds. The van der Waals surface area contributed by atoms with E-state index in [9.17, 15) is 15.2 Å². The summed E-state index contributed by atoms with van der Waals surface area (Å²) in [6.45, 7) is 6.56. The molecule has 1 aromatic carbocycles. The second kappa shape index (κ2) is 9.76. The Labute approximate surface area is 219 Å². The van der Waals surface area contributed by atoms with Crippen LogP contribution in [0.1, 0.15) is 50.8 Å². The van der Waals surface area contributed by atoms with Crippen molar-refractivity contribution in [3.8, 4) is 11.5 Å². The van der Waals surface area contributed by atoms with Crippen molar-refractivity contribution in [3.05, 3.63) is 65.7 Å². The van der Waals surface area contributed by atoms with Gasteiger partial charge in [0.05, 0.1) is 23.9 Å². The van der Waals surface area contributed by atoms with Gasteiger partial charge < -0.3 is 35.0 Å². The molecule has 196 valence electrons. The number of aliphatic hydroxyl groups is 2. The Morgan fingerprint density at radius 3 is 2.53 bits per heavy atom. The van der Waals surface area contributed by atoms with Crippen molar-refractivity contribution in [2.75, 3.05) is 17.2 Å². The number of fused-ring (bicyclic) bond motifs is 1. The zero-order chi connectivity index (χ0) is 27.1. The Kier molecular flexibility index (Phi) is 6.61. The highest BCUT2D eigenvalue weighted by molar-refractivity contribution is 6.61. The fraction of sp³-hybridized carbons (Fsp3) is 0.320. The van der Waals surface area contributed by atoms with Gasteiger partial charge in [0, 0.05) is 11.7 Å². The summed E-state index contributed by atoms with van der Waals surface area (Å²) in [6.07, 6.45) is 1.50. The minimum atomic E-state index is -1.31. The predicted octanol–water partition coefficient (Wildman–Crippen LogP) is 1.99. The van der Waals surface area contributed by atoms with Crippen LogP contribution in [0.3, 0.4) is 0 Å². The van der Waals surface area contributed by atoms with E-state index in [0.717, 1.165) is 5.56 Å². The highest BCUT2D eigenvalue weighted by Crippen LogP contribution is 2.32. The van der Waals surface area contributed by atoms with Crippen LogP contribution in [0.5, 0.6) is 0 Å². The van der Waals surface area contributed by atoms with Crippen molar-refractivity contribution in [1.29, 1.82) is 0 Å². The molecule has 4 heterocycles. The molecule has 1 atom stereocenters. The number of rotatable bonds is 8. The molecular weight excluding hydrogens is 489 g/mol. The topological polar surface area (TPSA) is 172 Å². The van der Waals surface area contributed by atoms with E-state index in [1.54, 1.807) is 26.0 Å². The van der Waals surface area contributed by atoms with Crippen LogP contribution in [0, 0.1) is 0 Å². The summed E-state index contributed by atoms with van der Waals surface area (Å²) in [6, 6.07) is 12.4. The molecule has 0 radical (unpaired) electrons. The maximum atomic E-state index is 10.3. The van der Waals surface area contributed by atoms with Gasteiger partial charge in [-0.2, -0.15) is 9.97 Å². The van der Waals surface area contributed by atoms with E-state index in [1.807, 2.05) is 44.2 Å². The van der Waals surface area contributed by atoms with E-state index in [-0.39, 0.29) is 24.3 Å². The monoisotopic (exact) mass is 517 g/mol. The standard InChI is InChI=1S/C25H28BN7O5/c1-24(2,35)22-32-21(37-33-22)15-12-27-23(31-20(15)28-17(13-34)14-8-6-5-7-9-14)30-18-11-10-16-19(29-18)25(3,4)38-26(16)36/h5-12,17,34-36H,13H2,1-4H3,(H2,27,28,29,30,31)/t17-/m1/s1. The number of anilines is 3. The van der Waals surface area contributed by atoms with Gasteiger partial charge in [0.2, 0.25) is 11.8 Å². The third kappa shape index (κ3) is 5.09. The Morgan fingerprint density at radius 2 is 1.84 bits per heavy atom. The van der Waals surface area contributed by atoms with Gasteiger partial charge in [-0.05, 0) is 39.3 Å². The number of hydrogen-bond donors (Lipinski definition) is 5. The van der Waals surface area contributed by atoms with E-state index in [4.69, 9.17) is 9.18 Å². The van der Waals surface area contributed by atoms with Crippen LogP contribution in [0.4, 0.5) is 17.6 Å². The normalized spacial score (nSPS) is 15.3. The number of aliphatic hydroxyl groups excluding tert-OH is 1. The van der Waals surface area contributed by atoms with Crippen LogP contribution in [-0.4, -0.2) is 54.1 Å². The molecule has 3 aromatic heterocycles. The summed E-state index contributed by atoms with van der Waals surface area (Å²) in [5.41, 5.74) is 0.376. The second-order valence-electron chi connectivity index (χ2n) is 9.97. The number of nitrogens with one attached hydrogen (secondary N) is 2. The zero-order valence-electron chi connectivity index (χ0n) is 21.4. The smallest absolute Gasteiger partial charge is 0.423 e. The third-order valence-corrected chi connectivity index (χ3v) is 6.10. The molecule has 0 fully saturated rings. The van der Waals surface area contributed by atoms with Crippen LogP contribution in [0.2, 0.25) is 0 Å². The lowest BCUT2D eigenvalue weighted by Crippen LogP contribution is -2.28. The lowest BCUT2D eigenvalue weighted by atomic mass is 9.80. The molecule has 0 spiro atoms. The average molecular weight is 517 g/mol. The van der Waals surface area contributed by atoms with E-state index >= 15 is 0 Å². The zero-order valence-corrected chi connectivity index (χ0v) is 21.4. The minimum Gasteiger partial charge on any atom is -0.423 e. The summed E-state index contributed by atoms with van der Waals surface area (Å²) in [5.74, 6) is 1.20. The summed E-state index contributed by atoms with van der Waals surface area (Å²) in [5, 5.41) is 40.8. The van der Waals surface area contributed by atoms with Crippen LogP contribution < -0.4 is 16.1 Å². The van der Waals surface area contributed by atoms with Gasteiger partial charge >= 0.3 is 7.12 Å². The minimum absolute atomic E-state index is 0.101. The molecule has 13 heteroatoms. The summed E-state index contributed by atoms with van der Waals surface area (Å²) in [7, 11) is -1.04. The highest BCUT2D eigenvalue weighted by atomic mass is 16.5. The maximum Gasteiger partial charge on any atom is 0.493 e. The molecule has 0 bridgehead atoms. The van der Waals surface area contributed by atoms with Gasteiger partial charge in [0.1, 0.15) is 22.8 Å². The Balaban J connectivity index is 1.51. The number of aromatic nitrogens is 5. The lowest BCUT2D eigenvalue weighted by molar-refractivity contribution is 0.0661. The molecule has 38 heavy (non-hydrogen) atoms. The highest BCUT2D eigenvalue weighted by Gasteiger charge is 2.42. The fourth-order valence-electron chi connectivity index (χ4n) is 4.11. The molecular formula is C25H28BN7O5. The molecule has 1 aliphatic heterocycles. The Hall–Kier alpha value is -3.91. The van der Waals surface area contributed by atoms with Crippen molar-refractivity contribution < 1.29 is 24.4 Å². The number of benzene rings is 1. The first-order chi connectivity index (χ1) is 18.0. The maximum absolute atomic E-state index is 10.3. The molecule has 5 rings (SSSR count). The number of pyridine rings is 1. The van der Waals surface area contributed by atoms with Crippen molar-refractivity contribution in [2.24, 2.45) is 0 Å². The van der Waals surface area contributed by atoms with Gasteiger partial charge in [0.15, 0.2) is 0 Å². The Morgan fingerprint density at radius 1 is 1.08 bits per heavy atom. The molecule has 0 saturated carbocycles. The fourth-order valence-corrected chi connectivity index (χ4v) is 4.11. The van der Waals surface area contributed by atoms with Crippen LogP contribution in [-0.2, 0) is 15.9 Å². The van der Waals surface area contributed by atoms with E-state index < -0.39 is 24.4 Å². The molecule has 0 saturated heterocycles. The molecule has 1 aliphatic rings. The van der Waals surface area contributed by atoms with Gasteiger partial charge in [-0.3, -0.25) is 0 Å². The second-order valence-corrected chi connectivity index (χ2v) is 9.97. The predicted molar refractivity (Wildman–Crippen MR) is 140 cm³/mol. The molecule has 5 N–H and O–H groups in total. The Bertz CT molecular complexity index is 1440. The number of hydrogen-bond acceptors (Lipinski definition) is 12. The van der Waals surface area contributed by atoms with Crippen molar-refractivity contribution in [3.63, 3.8) is 0 Å². The summed E-state index contributed by atoms with van der Waals surface area (Å²) < 4.78 is 11.0. The first-order valence-electron chi connectivity index (χ1n) is 12.1. The first-order valence-corrected chi connectivity index (χ1v) is 12.1. The summed E-state index contributed by atoms with van der Waals surface area (Å²) >= 11 is 0. The van der Waals surface area contributed by atoms with Crippen molar-refractivity contribution in [2.45, 2.75) is 44.9 Å². The van der Waals surface area contributed by atoms with Gasteiger partial charge in [0.25, 0.3) is 5.89 Å². The third-order valence-electron chi connectivity index (χ3n) is 6.10. The van der Waals surface area contributed by atoms with E-state index in [2.05, 4.69) is 35.7 Å². The van der Waals surface area contributed by atoms with Crippen molar-refractivity contribution in [1.82, 2.24) is 25.1 Å². The lowest BCUT2D eigenvalue weighted by Gasteiger charge is -2.20. The van der Waals surface area contributed by atoms with Crippen LogP contribution >= 0.6 is 0 Å². The van der Waals surface area contributed by atoms with Crippen LogP contribution in [0.25, 0.3) is 11.5 Å². The van der Waals surface area contributed by atoms with E-state index in [0.29, 0.717) is 28.4 Å². The molecule has 12 nitrogen and oxygen atoms in total. The molecule has 0 aliphatic carbocycles. The van der Waals surface area contributed by atoms with Gasteiger partial charge in [-0.15, -0.1) is 0 Å². The van der Waals surface area contributed by atoms with E-state index in [1.165, 1.54) is 6.20 Å². The van der Waals surface area contributed by atoms with Gasteiger partial charge in [-0.25, -0.2) is 9.97 Å².